The van der Waals surface area contributed by atoms with Crippen LogP contribution in [0.15, 0.2) is 40.8 Å². The van der Waals surface area contributed by atoms with E-state index >= 15 is 0 Å². The number of carbonyl (C=O) groups excluding carboxylic acids is 5. The van der Waals surface area contributed by atoms with Crippen molar-refractivity contribution in [3.63, 3.8) is 0 Å². The van der Waals surface area contributed by atoms with E-state index in [4.69, 9.17) is 9.15 Å². The first-order chi connectivity index (χ1) is 18.6. The van der Waals surface area contributed by atoms with Crippen LogP contribution in [0.25, 0.3) is 11.0 Å². The molecule has 13 heteroatoms. The van der Waals surface area contributed by atoms with Crippen molar-refractivity contribution < 1.29 is 37.5 Å². The summed E-state index contributed by atoms with van der Waals surface area (Å²) in [5, 5.41) is 10.2. The fourth-order valence-electron chi connectivity index (χ4n) is 5.49. The average molecular weight is 535 g/mol. The second-order valence-electron chi connectivity index (χ2n) is 9.62. The molecule has 2 aromatic carbocycles. The summed E-state index contributed by atoms with van der Waals surface area (Å²) in [5.74, 6) is -2.77. The standard InChI is InChI=1S/C26H22FN5O7/c1-3-25(21(34)28-23(36)30-25)14-5-7-15-13(8-14)9-17(39-15)26(22(35)29-24(37)31-26)11-32-10-12-4-6-16(38-2)19(27)18(12)20(32)33/h4-9H,3,10-11H2,1-2H3,(H2,28,30,34,36)(H2,29,31,35,37)/t25?,26-/m0/s1. The van der Waals surface area contributed by atoms with Crippen molar-refractivity contribution in [1.82, 2.24) is 26.2 Å². The van der Waals surface area contributed by atoms with Gasteiger partial charge in [-0.15, -0.1) is 0 Å². The zero-order chi connectivity index (χ0) is 27.7. The Morgan fingerprint density at radius 3 is 2.28 bits per heavy atom. The van der Waals surface area contributed by atoms with E-state index < -0.39 is 46.7 Å². The first kappa shape index (κ1) is 24.4. The highest BCUT2D eigenvalue weighted by molar-refractivity contribution is 6.09. The zero-order valence-electron chi connectivity index (χ0n) is 20.8. The maximum atomic E-state index is 14.9. The van der Waals surface area contributed by atoms with Gasteiger partial charge in [0.05, 0.1) is 19.2 Å². The second kappa shape index (κ2) is 8.28. The molecule has 4 heterocycles. The lowest BCUT2D eigenvalue weighted by molar-refractivity contribution is -0.125. The van der Waals surface area contributed by atoms with Crippen LogP contribution in [0.2, 0.25) is 0 Å². The normalized spacial score (nSPS) is 24.1. The molecule has 3 aliphatic rings. The molecule has 1 unspecified atom stereocenters. The number of imide groups is 2. The van der Waals surface area contributed by atoms with E-state index in [0.29, 0.717) is 22.1 Å². The van der Waals surface area contributed by atoms with Crippen LogP contribution >= 0.6 is 0 Å². The quantitative estimate of drug-likeness (QED) is 0.350. The van der Waals surface area contributed by atoms with Crippen molar-refractivity contribution in [3.05, 3.63) is 64.7 Å². The Hall–Kier alpha value is -4.94. The molecule has 7 amide bonds. The lowest BCUT2D eigenvalue weighted by Crippen LogP contribution is -2.52. The maximum Gasteiger partial charge on any atom is 0.322 e. The Morgan fingerprint density at radius 2 is 1.67 bits per heavy atom. The van der Waals surface area contributed by atoms with Crippen LogP contribution in [0.1, 0.15) is 40.6 Å². The molecule has 200 valence electrons. The van der Waals surface area contributed by atoms with Crippen molar-refractivity contribution >= 4 is 40.8 Å². The lowest BCUT2D eigenvalue weighted by Gasteiger charge is -2.29. The Balaban J connectivity index is 1.39. The maximum absolute atomic E-state index is 14.9. The summed E-state index contributed by atoms with van der Waals surface area (Å²) in [6, 6.07) is 7.98. The predicted molar refractivity (Wildman–Crippen MR) is 131 cm³/mol. The minimum Gasteiger partial charge on any atom is -0.494 e. The fourth-order valence-corrected chi connectivity index (χ4v) is 5.49. The van der Waals surface area contributed by atoms with E-state index in [-0.39, 0.29) is 36.6 Å². The molecule has 39 heavy (non-hydrogen) atoms. The van der Waals surface area contributed by atoms with Crippen LogP contribution in [-0.4, -0.2) is 48.3 Å². The van der Waals surface area contributed by atoms with Gasteiger partial charge in [0.1, 0.15) is 16.9 Å². The molecule has 1 aromatic heterocycles. The van der Waals surface area contributed by atoms with Gasteiger partial charge in [-0.3, -0.25) is 25.0 Å². The summed E-state index contributed by atoms with van der Waals surface area (Å²) < 4.78 is 25.9. The monoisotopic (exact) mass is 535 g/mol. The summed E-state index contributed by atoms with van der Waals surface area (Å²) in [5.41, 5.74) is -2.00. The number of hydrogen-bond donors (Lipinski definition) is 4. The fraction of sp³-hybridized carbons (Fsp3) is 0.269. The van der Waals surface area contributed by atoms with E-state index in [1.807, 2.05) is 0 Å². The highest BCUT2D eigenvalue weighted by Gasteiger charge is 2.53. The number of halogens is 1. The van der Waals surface area contributed by atoms with E-state index in [9.17, 15) is 28.4 Å². The predicted octanol–water partition coefficient (Wildman–Crippen LogP) is 1.72. The summed E-state index contributed by atoms with van der Waals surface area (Å²) >= 11 is 0. The highest BCUT2D eigenvalue weighted by atomic mass is 19.1. The molecule has 0 saturated carbocycles. The molecule has 3 aromatic rings. The third kappa shape index (κ3) is 3.39. The van der Waals surface area contributed by atoms with Gasteiger partial charge in [0.25, 0.3) is 17.7 Å². The number of hydrogen-bond acceptors (Lipinski definition) is 7. The van der Waals surface area contributed by atoms with Gasteiger partial charge < -0.3 is 24.7 Å². The molecule has 2 fully saturated rings. The van der Waals surface area contributed by atoms with Crippen molar-refractivity contribution in [2.24, 2.45) is 0 Å². The van der Waals surface area contributed by atoms with Gasteiger partial charge in [0.15, 0.2) is 17.1 Å². The SMILES string of the molecule is CCC1(c2ccc3oc([C@]4(CN5Cc6ccc(OC)c(F)c6C5=O)NC(=O)NC4=O)cc3c2)NC(=O)NC1=O. The lowest BCUT2D eigenvalue weighted by atomic mass is 9.86. The summed E-state index contributed by atoms with van der Waals surface area (Å²) in [6.45, 7) is 1.41. The van der Waals surface area contributed by atoms with Crippen molar-refractivity contribution in [2.75, 3.05) is 13.7 Å². The summed E-state index contributed by atoms with van der Waals surface area (Å²) in [4.78, 5) is 64.4. The number of urea groups is 2. The van der Waals surface area contributed by atoms with Crippen LogP contribution in [0.4, 0.5) is 14.0 Å². The highest BCUT2D eigenvalue weighted by Crippen LogP contribution is 2.38. The number of furan rings is 1. The molecule has 12 nitrogen and oxygen atoms in total. The Labute approximate surface area is 219 Å². The largest absolute Gasteiger partial charge is 0.494 e. The first-order valence-electron chi connectivity index (χ1n) is 12.1. The van der Waals surface area contributed by atoms with Gasteiger partial charge in [-0.2, -0.15) is 0 Å². The molecule has 2 saturated heterocycles. The smallest absolute Gasteiger partial charge is 0.322 e. The Kier molecular flexibility index (Phi) is 5.18. The minimum atomic E-state index is -1.81. The number of methoxy groups -OCH3 is 1. The van der Waals surface area contributed by atoms with Crippen molar-refractivity contribution in [1.29, 1.82) is 0 Å². The second-order valence-corrected chi connectivity index (χ2v) is 9.62. The summed E-state index contributed by atoms with van der Waals surface area (Å²) in [7, 11) is 1.29. The molecule has 0 aliphatic carbocycles. The molecule has 6 rings (SSSR count). The van der Waals surface area contributed by atoms with E-state index in [1.165, 1.54) is 24.1 Å². The number of benzene rings is 2. The molecule has 2 atom stereocenters. The van der Waals surface area contributed by atoms with Gasteiger partial charge in [-0.05, 0) is 41.8 Å². The first-order valence-corrected chi connectivity index (χ1v) is 12.1. The third-order valence-electron chi connectivity index (χ3n) is 7.55. The number of rotatable bonds is 6. The molecular formula is C26H22FN5O7. The van der Waals surface area contributed by atoms with Gasteiger partial charge >= 0.3 is 12.1 Å². The van der Waals surface area contributed by atoms with Crippen LogP contribution in [0, 0.1) is 5.82 Å². The van der Waals surface area contributed by atoms with Crippen LogP contribution < -0.4 is 26.0 Å². The minimum absolute atomic E-state index is 0.00180. The molecule has 0 spiro atoms. The van der Waals surface area contributed by atoms with Gasteiger partial charge in [0, 0.05) is 11.9 Å². The van der Waals surface area contributed by atoms with E-state index in [1.54, 1.807) is 31.2 Å². The topological polar surface area (TPSA) is 159 Å². The van der Waals surface area contributed by atoms with Gasteiger partial charge in [-0.25, -0.2) is 14.0 Å². The number of carbonyl (C=O) groups is 5. The van der Waals surface area contributed by atoms with Gasteiger partial charge in [-0.1, -0.05) is 19.1 Å². The molecule has 0 bridgehead atoms. The van der Waals surface area contributed by atoms with Crippen molar-refractivity contribution in [2.45, 2.75) is 31.0 Å². The van der Waals surface area contributed by atoms with E-state index in [0.717, 1.165) is 0 Å². The summed E-state index contributed by atoms with van der Waals surface area (Å²) in [6.07, 6.45) is 0.280. The van der Waals surface area contributed by atoms with Crippen molar-refractivity contribution in [3.8, 4) is 5.75 Å². The number of ether oxygens (including phenoxy) is 1. The number of nitrogens with one attached hydrogen (secondary N) is 4. The molecular weight excluding hydrogens is 513 g/mol. The zero-order valence-corrected chi connectivity index (χ0v) is 20.8. The number of amides is 7. The van der Waals surface area contributed by atoms with Crippen LogP contribution in [-0.2, 0) is 27.2 Å². The Bertz CT molecular complexity index is 1630. The van der Waals surface area contributed by atoms with E-state index in [2.05, 4.69) is 21.3 Å². The molecule has 3 aliphatic heterocycles. The average Bonchev–Trinajstić information content (AvgIpc) is 3.62. The van der Waals surface area contributed by atoms with Gasteiger partial charge in [0.2, 0.25) is 0 Å². The Morgan fingerprint density at radius 1 is 0.974 bits per heavy atom. The van der Waals surface area contributed by atoms with Crippen LogP contribution in [0.5, 0.6) is 5.75 Å². The third-order valence-corrected chi connectivity index (χ3v) is 7.55. The molecule has 0 radical (unpaired) electrons. The molecule has 4 N–H and O–H groups in total. The van der Waals surface area contributed by atoms with Crippen LogP contribution in [0.3, 0.4) is 0 Å². The number of nitrogens with zero attached hydrogens (tertiary/aromatic N) is 1. The number of fused-ring (bicyclic) bond motifs is 2.